The lowest BCUT2D eigenvalue weighted by Gasteiger charge is -2.11. The number of nitrogens with one attached hydrogen (secondary N) is 3. The van der Waals surface area contributed by atoms with E-state index in [4.69, 9.17) is 11.6 Å². The Balaban J connectivity index is 1.69. The average molecular weight is 339 g/mol. The van der Waals surface area contributed by atoms with Crippen LogP contribution < -0.4 is 5.32 Å². The van der Waals surface area contributed by atoms with Gasteiger partial charge in [-0.25, -0.2) is 4.98 Å². The zero-order valence-corrected chi connectivity index (χ0v) is 13.7. The number of benzene rings is 2. The summed E-state index contributed by atoms with van der Waals surface area (Å²) < 4.78 is 0. The van der Waals surface area contributed by atoms with Gasteiger partial charge in [-0.1, -0.05) is 23.7 Å². The van der Waals surface area contributed by atoms with Crippen LogP contribution in [-0.4, -0.2) is 20.9 Å². The quantitative estimate of drug-likeness (QED) is 0.516. The number of carbonyl (C=O) groups excluding carboxylic acids is 1. The van der Waals surface area contributed by atoms with Crippen LogP contribution in [0.5, 0.6) is 0 Å². The van der Waals surface area contributed by atoms with Crippen LogP contribution in [-0.2, 0) is 4.79 Å². The first-order chi connectivity index (χ1) is 11.6. The highest BCUT2D eigenvalue weighted by Gasteiger charge is 2.17. The molecule has 2 heterocycles. The van der Waals surface area contributed by atoms with E-state index in [-0.39, 0.29) is 11.8 Å². The third-order valence-electron chi connectivity index (χ3n) is 4.22. The van der Waals surface area contributed by atoms with Gasteiger partial charge in [0.05, 0.1) is 5.92 Å². The van der Waals surface area contributed by atoms with Crippen LogP contribution in [0.2, 0.25) is 5.02 Å². The topological polar surface area (TPSA) is 73.6 Å². The van der Waals surface area contributed by atoms with Crippen molar-refractivity contribution in [3.05, 3.63) is 59.4 Å². The van der Waals surface area contributed by atoms with Gasteiger partial charge in [0.1, 0.15) is 0 Å². The largest absolute Gasteiger partial charge is 0.355 e. The number of hydrogen-bond donors (Lipinski definition) is 3. The third-order valence-corrected chi connectivity index (χ3v) is 4.45. The van der Waals surface area contributed by atoms with Crippen molar-refractivity contribution in [2.45, 2.75) is 12.8 Å². The first kappa shape index (κ1) is 14.8. The summed E-state index contributed by atoms with van der Waals surface area (Å²) in [6.07, 6.45) is 3.27. The SMILES string of the molecule is C[C@H](C(=O)Nc1ncc[nH]1)c1ccc2c(c1)[nH]c1ccc(Cl)cc12. The van der Waals surface area contributed by atoms with Crippen LogP contribution in [0.4, 0.5) is 5.95 Å². The Morgan fingerprint density at radius 2 is 2.04 bits per heavy atom. The second-order valence-corrected chi connectivity index (χ2v) is 6.21. The molecule has 0 unspecified atom stereocenters. The molecule has 0 saturated carbocycles. The van der Waals surface area contributed by atoms with E-state index in [0.29, 0.717) is 11.0 Å². The van der Waals surface area contributed by atoms with Crippen molar-refractivity contribution in [2.75, 3.05) is 5.32 Å². The summed E-state index contributed by atoms with van der Waals surface area (Å²) in [6, 6.07) is 11.8. The summed E-state index contributed by atoms with van der Waals surface area (Å²) in [6.45, 7) is 1.87. The minimum atomic E-state index is -0.297. The maximum atomic E-state index is 12.4. The van der Waals surface area contributed by atoms with Crippen molar-refractivity contribution in [3.63, 3.8) is 0 Å². The van der Waals surface area contributed by atoms with Crippen LogP contribution in [0.15, 0.2) is 48.8 Å². The standard InChI is InChI=1S/C18H15ClN4O/c1-10(17(24)23-18-20-6-7-21-18)11-2-4-13-14-9-12(19)3-5-15(14)22-16(13)8-11/h2-10,22H,1H3,(H2,20,21,23,24)/t10-/m0/s1. The fourth-order valence-electron chi connectivity index (χ4n) is 2.87. The van der Waals surface area contributed by atoms with Gasteiger partial charge in [-0.15, -0.1) is 0 Å². The van der Waals surface area contributed by atoms with E-state index >= 15 is 0 Å². The number of amides is 1. The number of halogens is 1. The van der Waals surface area contributed by atoms with Gasteiger partial charge in [0.15, 0.2) is 0 Å². The predicted molar refractivity (Wildman–Crippen MR) is 96.4 cm³/mol. The fourth-order valence-corrected chi connectivity index (χ4v) is 3.04. The number of hydrogen-bond acceptors (Lipinski definition) is 2. The van der Waals surface area contributed by atoms with Gasteiger partial charge < -0.3 is 9.97 Å². The van der Waals surface area contributed by atoms with Crippen molar-refractivity contribution < 1.29 is 4.79 Å². The lowest BCUT2D eigenvalue weighted by atomic mass is 9.99. The van der Waals surface area contributed by atoms with Gasteiger partial charge in [0, 0.05) is 39.2 Å². The van der Waals surface area contributed by atoms with E-state index < -0.39 is 0 Å². The Labute approximate surface area is 143 Å². The molecule has 1 amide bonds. The second-order valence-electron chi connectivity index (χ2n) is 5.77. The van der Waals surface area contributed by atoms with Crippen molar-refractivity contribution >= 4 is 45.3 Å². The van der Waals surface area contributed by atoms with Crippen LogP contribution in [0, 0.1) is 0 Å². The molecule has 0 radical (unpaired) electrons. The molecular weight excluding hydrogens is 324 g/mol. The summed E-state index contributed by atoms with van der Waals surface area (Å²) in [5.41, 5.74) is 2.95. The monoisotopic (exact) mass is 338 g/mol. The van der Waals surface area contributed by atoms with Crippen molar-refractivity contribution in [1.82, 2.24) is 15.0 Å². The number of H-pyrrole nitrogens is 2. The molecule has 1 atom stereocenters. The highest BCUT2D eigenvalue weighted by Crippen LogP contribution is 2.30. The number of nitrogens with zero attached hydrogens (tertiary/aromatic N) is 1. The van der Waals surface area contributed by atoms with Crippen molar-refractivity contribution in [1.29, 1.82) is 0 Å². The molecular formula is C18H15ClN4O. The number of fused-ring (bicyclic) bond motifs is 3. The van der Waals surface area contributed by atoms with E-state index in [0.717, 1.165) is 27.4 Å². The molecule has 0 aliphatic rings. The van der Waals surface area contributed by atoms with E-state index in [1.54, 1.807) is 12.4 Å². The van der Waals surface area contributed by atoms with Crippen LogP contribution in [0.3, 0.4) is 0 Å². The summed E-state index contributed by atoms with van der Waals surface area (Å²) in [5.74, 6) is 0.0473. The Kier molecular flexibility index (Phi) is 3.50. The van der Waals surface area contributed by atoms with Gasteiger partial charge in [-0.3, -0.25) is 10.1 Å². The van der Waals surface area contributed by atoms with E-state index in [9.17, 15) is 4.79 Å². The van der Waals surface area contributed by atoms with Gasteiger partial charge in [-0.05, 0) is 36.8 Å². The maximum absolute atomic E-state index is 12.4. The Morgan fingerprint density at radius 3 is 2.83 bits per heavy atom. The van der Waals surface area contributed by atoms with Crippen molar-refractivity contribution in [2.24, 2.45) is 0 Å². The van der Waals surface area contributed by atoms with Crippen molar-refractivity contribution in [3.8, 4) is 0 Å². The third kappa shape index (κ3) is 2.53. The molecule has 0 aliphatic carbocycles. The van der Waals surface area contributed by atoms with E-state index in [1.807, 2.05) is 43.3 Å². The summed E-state index contributed by atoms with van der Waals surface area (Å²) in [5, 5.41) is 5.65. The number of imidazole rings is 1. The van der Waals surface area contributed by atoms with E-state index in [2.05, 4.69) is 20.3 Å². The number of aromatic nitrogens is 3. The summed E-state index contributed by atoms with van der Waals surface area (Å²) in [7, 11) is 0. The first-order valence-corrected chi connectivity index (χ1v) is 8.01. The van der Waals surface area contributed by atoms with E-state index in [1.165, 1.54) is 0 Å². The van der Waals surface area contributed by atoms with Gasteiger partial charge >= 0.3 is 0 Å². The lowest BCUT2D eigenvalue weighted by Crippen LogP contribution is -2.19. The van der Waals surface area contributed by atoms with Gasteiger partial charge in [0.2, 0.25) is 11.9 Å². The molecule has 120 valence electrons. The molecule has 2 aromatic carbocycles. The minimum Gasteiger partial charge on any atom is -0.355 e. The number of anilines is 1. The second kappa shape index (κ2) is 5.69. The fraction of sp³-hybridized carbons (Fsp3) is 0.111. The van der Waals surface area contributed by atoms with Crippen LogP contribution in [0.25, 0.3) is 21.8 Å². The highest BCUT2D eigenvalue weighted by atomic mass is 35.5. The molecule has 0 bridgehead atoms. The van der Waals surface area contributed by atoms with Gasteiger partial charge in [-0.2, -0.15) is 0 Å². The normalized spacial score (nSPS) is 12.6. The summed E-state index contributed by atoms with van der Waals surface area (Å²) >= 11 is 6.09. The molecule has 4 aromatic rings. The number of carbonyl (C=O) groups is 1. The number of aromatic amines is 2. The summed E-state index contributed by atoms with van der Waals surface area (Å²) in [4.78, 5) is 22.6. The Hall–Kier alpha value is -2.79. The molecule has 0 aliphatic heterocycles. The lowest BCUT2D eigenvalue weighted by molar-refractivity contribution is -0.117. The average Bonchev–Trinajstić information content (AvgIpc) is 3.20. The molecule has 0 spiro atoms. The minimum absolute atomic E-state index is 0.108. The zero-order chi connectivity index (χ0) is 16.7. The number of rotatable bonds is 3. The molecule has 2 aromatic heterocycles. The predicted octanol–water partition coefficient (Wildman–Crippen LogP) is 4.44. The molecule has 24 heavy (non-hydrogen) atoms. The molecule has 0 fully saturated rings. The first-order valence-electron chi connectivity index (χ1n) is 7.63. The van der Waals surface area contributed by atoms with Crippen LogP contribution >= 0.6 is 11.6 Å². The molecule has 0 saturated heterocycles. The molecule has 5 nitrogen and oxygen atoms in total. The highest BCUT2D eigenvalue weighted by molar-refractivity contribution is 6.31. The van der Waals surface area contributed by atoms with Crippen LogP contribution in [0.1, 0.15) is 18.4 Å². The molecule has 4 rings (SSSR count). The molecule has 3 N–H and O–H groups in total. The Bertz CT molecular complexity index is 1040. The van der Waals surface area contributed by atoms with Gasteiger partial charge in [0.25, 0.3) is 0 Å². The molecule has 6 heteroatoms. The Morgan fingerprint density at radius 1 is 1.17 bits per heavy atom. The smallest absolute Gasteiger partial charge is 0.233 e. The maximum Gasteiger partial charge on any atom is 0.233 e. The zero-order valence-electron chi connectivity index (χ0n) is 12.9.